The first kappa shape index (κ1) is 13.8. The van der Waals surface area contributed by atoms with Crippen LogP contribution in [0.4, 0.5) is 5.69 Å². The van der Waals surface area contributed by atoms with E-state index in [-0.39, 0.29) is 5.75 Å². The minimum atomic E-state index is 0.260. The zero-order valence-corrected chi connectivity index (χ0v) is 12.4. The van der Waals surface area contributed by atoms with Crippen LogP contribution in [-0.4, -0.2) is 14.7 Å². The second kappa shape index (κ2) is 5.66. The topological polar surface area (TPSA) is 50.1 Å². The number of benzene rings is 2. The lowest BCUT2D eigenvalue weighted by molar-refractivity contribution is 0.475. The zero-order valence-electron chi connectivity index (χ0n) is 11.7. The highest BCUT2D eigenvalue weighted by Crippen LogP contribution is 2.22. The van der Waals surface area contributed by atoms with E-state index in [0.717, 1.165) is 34.1 Å². The molecule has 2 N–H and O–H groups in total. The molecule has 3 aromatic rings. The molecule has 0 amide bonds. The number of imidazole rings is 1. The average molecular weight is 302 g/mol. The molecule has 2 aromatic carbocycles. The molecule has 0 unspecified atom stereocenters. The Morgan fingerprint density at radius 2 is 1.95 bits per heavy atom. The Morgan fingerprint density at radius 1 is 1.19 bits per heavy atom. The summed E-state index contributed by atoms with van der Waals surface area (Å²) in [6.07, 6.45) is 0. The van der Waals surface area contributed by atoms with Gasteiger partial charge in [-0.2, -0.15) is 0 Å². The van der Waals surface area contributed by atoms with Gasteiger partial charge in [0.15, 0.2) is 0 Å². The monoisotopic (exact) mass is 301 g/mol. The van der Waals surface area contributed by atoms with Crippen LogP contribution < -0.4 is 5.32 Å². The molecule has 0 spiro atoms. The molecule has 3 rings (SSSR count). The second-order valence-corrected chi connectivity index (χ2v) is 5.24. The van der Waals surface area contributed by atoms with Crippen LogP contribution in [0.3, 0.4) is 0 Å². The van der Waals surface area contributed by atoms with Crippen molar-refractivity contribution in [2.24, 2.45) is 0 Å². The summed E-state index contributed by atoms with van der Waals surface area (Å²) in [4.78, 5) is 4.65. The summed E-state index contributed by atoms with van der Waals surface area (Å²) >= 11 is 6.06. The first-order chi connectivity index (χ1) is 10.2. The largest absolute Gasteiger partial charge is 0.508 e. The van der Waals surface area contributed by atoms with Gasteiger partial charge in [-0.25, -0.2) is 4.98 Å². The minimum absolute atomic E-state index is 0.260. The van der Waals surface area contributed by atoms with Gasteiger partial charge in [0.05, 0.1) is 17.6 Å². The predicted molar refractivity (Wildman–Crippen MR) is 85.9 cm³/mol. The number of aromatic nitrogens is 2. The standard InChI is InChI=1S/C16H16ClN3O/c1-2-20-15-9-11(17)3-8-14(15)19-16(20)10-18-12-4-6-13(21)7-5-12/h3-9,18,21H,2,10H2,1H3. The summed E-state index contributed by atoms with van der Waals surface area (Å²) < 4.78 is 2.15. The number of anilines is 1. The van der Waals surface area contributed by atoms with E-state index in [1.54, 1.807) is 12.1 Å². The maximum atomic E-state index is 9.29. The molecule has 0 atom stereocenters. The first-order valence-corrected chi connectivity index (χ1v) is 7.22. The molecular formula is C16H16ClN3O. The summed E-state index contributed by atoms with van der Waals surface area (Å²) in [5.41, 5.74) is 2.94. The van der Waals surface area contributed by atoms with Gasteiger partial charge in [-0.15, -0.1) is 0 Å². The van der Waals surface area contributed by atoms with Crippen molar-refractivity contribution in [3.8, 4) is 5.75 Å². The number of hydrogen-bond acceptors (Lipinski definition) is 3. The molecule has 21 heavy (non-hydrogen) atoms. The summed E-state index contributed by atoms with van der Waals surface area (Å²) in [6.45, 7) is 3.54. The van der Waals surface area contributed by atoms with Gasteiger partial charge in [-0.3, -0.25) is 0 Å². The van der Waals surface area contributed by atoms with E-state index in [0.29, 0.717) is 6.54 Å². The summed E-state index contributed by atoms with van der Waals surface area (Å²) in [6, 6.07) is 12.7. The molecule has 1 aromatic heterocycles. The summed E-state index contributed by atoms with van der Waals surface area (Å²) in [5, 5.41) is 13.3. The molecular weight excluding hydrogens is 286 g/mol. The van der Waals surface area contributed by atoms with Crippen molar-refractivity contribution >= 4 is 28.3 Å². The lowest BCUT2D eigenvalue weighted by atomic mass is 10.3. The molecule has 108 valence electrons. The molecule has 0 aliphatic rings. The Kier molecular flexibility index (Phi) is 3.71. The zero-order chi connectivity index (χ0) is 14.8. The number of nitrogens with one attached hydrogen (secondary N) is 1. The molecule has 0 aliphatic carbocycles. The molecule has 0 saturated heterocycles. The number of rotatable bonds is 4. The predicted octanol–water partition coefficient (Wildman–Crippen LogP) is 4.03. The quantitative estimate of drug-likeness (QED) is 0.715. The van der Waals surface area contributed by atoms with Gasteiger partial charge in [0, 0.05) is 17.3 Å². The molecule has 5 heteroatoms. The number of phenols is 1. The van der Waals surface area contributed by atoms with Crippen LogP contribution in [0, 0.1) is 0 Å². The van der Waals surface area contributed by atoms with E-state index in [1.165, 1.54) is 0 Å². The van der Waals surface area contributed by atoms with E-state index in [4.69, 9.17) is 11.6 Å². The Balaban J connectivity index is 1.88. The summed E-state index contributed by atoms with van der Waals surface area (Å²) in [5.74, 6) is 1.22. The van der Waals surface area contributed by atoms with E-state index >= 15 is 0 Å². The van der Waals surface area contributed by atoms with E-state index in [2.05, 4.69) is 21.8 Å². The fraction of sp³-hybridized carbons (Fsp3) is 0.188. The highest BCUT2D eigenvalue weighted by Gasteiger charge is 2.09. The lowest BCUT2D eigenvalue weighted by Crippen LogP contribution is -2.07. The number of aryl methyl sites for hydroxylation is 1. The minimum Gasteiger partial charge on any atom is -0.508 e. The van der Waals surface area contributed by atoms with E-state index in [1.807, 2.05) is 30.3 Å². The molecule has 1 heterocycles. The third-order valence-corrected chi connectivity index (χ3v) is 3.66. The molecule has 0 saturated carbocycles. The third-order valence-electron chi connectivity index (χ3n) is 3.42. The van der Waals surface area contributed by atoms with Crippen LogP contribution in [-0.2, 0) is 13.1 Å². The fourth-order valence-electron chi connectivity index (χ4n) is 2.39. The van der Waals surface area contributed by atoms with Gasteiger partial charge < -0.3 is 15.0 Å². The van der Waals surface area contributed by atoms with Gasteiger partial charge in [-0.05, 0) is 49.4 Å². The maximum Gasteiger partial charge on any atom is 0.129 e. The lowest BCUT2D eigenvalue weighted by Gasteiger charge is -2.08. The van der Waals surface area contributed by atoms with Crippen molar-refractivity contribution in [1.29, 1.82) is 0 Å². The Hall–Kier alpha value is -2.20. The second-order valence-electron chi connectivity index (χ2n) is 4.81. The van der Waals surface area contributed by atoms with Crippen LogP contribution in [0.5, 0.6) is 5.75 Å². The van der Waals surface area contributed by atoms with Crippen molar-refractivity contribution < 1.29 is 5.11 Å². The van der Waals surface area contributed by atoms with Gasteiger partial charge in [0.1, 0.15) is 11.6 Å². The maximum absolute atomic E-state index is 9.29. The summed E-state index contributed by atoms with van der Waals surface area (Å²) in [7, 11) is 0. The van der Waals surface area contributed by atoms with Crippen LogP contribution in [0.2, 0.25) is 5.02 Å². The Morgan fingerprint density at radius 3 is 2.67 bits per heavy atom. The van der Waals surface area contributed by atoms with Crippen LogP contribution >= 0.6 is 11.6 Å². The fourth-order valence-corrected chi connectivity index (χ4v) is 2.56. The molecule has 0 bridgehead atoms. The number of hydrogen-bond donors (Lipinski definition) is 2. The number of nitrogens with zero attached hydrogens (tertiary/aromatic N) is 2. The molecule has 4 nitrogen and oxygen atoms in total. The third kappa shape index (κ3) is 2.81. The van der Waals surface area contributed by atoms with Crippen molar-refractivity contribution in [2.75, 3.05) is 5.32 Å². The van der Waals surface area contributed by atoms with Crippen LogP contribution in [0.25, 0.3) is 11.0 Å². The van der Waals surface area contributed by atoms with E-state index in [9.17, 15) is 5.11 Å². The number of fused-ring (bicyclic) bond motifs is 1. The SMILES string of the molecule is CCn1c(CNc2ccc(O)cc2)nc2ccc(Cl)cc21. The molecule has 0 fully saturated rings. The molecule has 0 radical (unpaired) electrons. The van der Waals surface area contributed by atoms with Crippen molar-refractivity contribution in [1.82, 2.24) is 9.55 Å². The highest BCUT2D eigenvalue weighted by molar-refractivity contribution is 6.31. The highest BCUT2D eigenvalue weighted by atomic mass is 35.5. The van der Waals surface area contributed by atoms with Crippen LogP contribution in [0.15, 0.2) is 42.5 Å². The van der Waals surface area contributed by atoms with Crippen molar-refractivity contribution in [3.05, 3.63) is 53.3 Å². The van der Waals surface area contributed by atoms with Gasteiger partial charge >= 0.3 is 0 Å². The van der Waals surface area contributed by atoms with Crippen molar-refractivity contribution in [2.45, 2.75) is 20.0 Å². The molecule has 0 aliphatic heterocycles. The first-order valence-electron chi connectivity index (χ1n) is 6.85. The van der Waals surface area contributed by atoms with Gasteiger partial charge in [-0.1, -0.05) is 11.6 Å². The van der Waals surface area contributed by atoms with Gasteiger partial charge in [0.2, 0.25) is 0 Å². The van der Waals surface area contributed by atoms with Gasteiger partial charge in [0.25, 0.3) is 0 Å². The van der Waals surface area contributed by atoms with Crippen molar-refractivity contribution in [3.63, 3.8) is 0 Å². The normalized spacial score (nSPS) is 11.0. The smallest absolute Gasteiger partial charge is 0.129 e. The Bertz CT molecular complexity index is 765. The Labute approximate surface area is 128 Å². The number of aromatic hydroxyl groups is 1. The number of phenolic OH excluding ortho intramolecular Hbond substituents is 1. The van der Waals surface area contributed by atoms with E-state index < -0.39 is 0 Å². The average Bonchev–Trinajstić information content (AvgIpc) is 2.83. The number of halogens is 1. The van der Waals surface area contributed by atoms with Crippen LogP contribution in [0.1, 0.15) is 12.7 Å².